The van der Waals surface area contributed by atoms with E-state index in [-0.39, 0.29) is 24.4 Å². The molecular weight excluding hydrogens is 276 g/mol. The van der Waals surface area contributed by atoms with Gasteiger partial charge in [0, 0.05) is 24.7 Å². The van der Waals surface area contributed by atoms with E-state index in [1.54, 1.807) is 13.2 Å². The lowest BCUT2D eigenvalue weighted by atomic mass is 9.92. The van der Waals surface area contributed by atoms with E-state index >= 15 is 0 Å². The molecule has 0 bridgehead atoms. The molecule has 2 N–H and O–H groups in total. The van der Waals surface area contributed by atoms with Gasteiger partial charge < -0.3 is 15.4 Å². The van der Waals surface area contributed by atoms with Crippen LogP contribution >= 0.6 is 12.4 Å². The van der Waals surface area contributed by atoms with Gasteiger partial charge in [-0.15, -0.1) is 12.4 Å². The number of piperidine rings is 1. The maximum Gasteiger partial charge on any atom is 0.254 e. The van der Waals surface area contributed by atoms with Gasteiger partial charge in [0.25, 0.3) is 5.91 Å². The largest absolute Gasteiger partial charge is 0.497 e. The van der Waals surface area contributed by atoms with Crippen molar-refractivity contribution in [3.8, 4) is 5.75 Å². The molecule has 4 nitrogen and oxygen atoms in total. The molecule has 0 aromatic heterocycles. The van der Waals surface area contributed by atoms with Crippen molar-refractivity contribution in [1.29, 1.82) is 0 Å². The highest BCUT2D eigenvalue weighted by atomic mass is 35.5. The summed E-state index contributed by atoms with van der Waals surface area (Å²) in [5, 5.41) is 0. The van der Waals surface area contributed by atoms with E-state index in [1.807, 2.05) is 23.1 Å². The second-order valence-electron chi connectivity index (χ2n) is 5.25. The number of nitrogens with two attached hydrogens (primary N) is 1. The molecular formula is C15H23ClN2O2. The van der Waals surface area contributed by atoms with Crippen molar-refractivity contribution in [1.82, 2.24) is 4.90 Å². The summed E-state index contributed by atoms with van der Waals surface area (Å²) in [5.74, 6) is 1.41. The van der Waals surface area contributed by atoms with Crippen LogP contribution in [0.2, 0.25) is 0 Å². The molecule has 20 heavy (non-hydrogen) atoms. The number of carbonyl (C=O) groups excluding carboxylic acids is 1. The molecule has 0 spiro atoms. The Morgan fingerprint density at radius 3 is 2.90 bits per heavy atom. The maximum atomic E-state index is 12.6. The summed E-state index contributed by atoms with van der Waals surface area (Å²) in [6.45, 7) is 3.54. The van der Waals surface area contributed by atoms with Crippen molar-refractivity contribution in [3.05, 3.63) is 29.8 Å². The zero-order chi connectivity index (χ0) is 13.8. The van der Waals surface area contributed by atoms with Crippen molar-refractivity contribution in [2.24, 2.45) is 11.7 Å². The van der Waals surface area contributed by atoms with Crippen LogP contribution in [0.3, 0.4) is 0 Å². The van der Waals surface area contributed by atoms with E-state index in [9.17, 15) is 4.79 Å². The van der Waals surface area contributed by atoms with E-state index < -0.39 is 0 Å². The van der Waals surface area contributed by atoms with Gasteiger partial charge in [-0.25, -0.2) is 0 Å². The molecule has 1 saturated heterocycles. The highest BCUT2D eigenvalue weighted by molar-refractivity contribution is 5.94. The zero-order valence-electron chi connectivity index (χ0n) is 12.0. The Balaban J connectivity index is 0.00000200. The minimum absolute atomic E-state index is 0. The van der Waals surface area contributed by atoms with Gasteiger partial charge in [-0.1, -0.05) is 13.0 Å². The Kier molecular flexibility index (Phi) is 6.30. The fourth-order valence-electron chi connectivity index (χ4n) is 2.66. The Morgan fingerprint density at radius 1 is 1.50 bits per heavy atom. The van der Waals surface area contributed by atoms with Crippen molar-refractivity contribution in [2.45, 2.75) is 25.8 Å². The first kappa shape index (κ1) is 16.8. The van der Waals surface area contributed by atoms with Crippen LogP contribution in [0.1, 0.15) is 30.1 Å². The fourth-order valence-corrected chi connectivity index (χ4v) is 2.66. The van der Waals surface area contributed by atoms with Crippen LogP contribution < -0.4 is 10.5 Å². The summed E-state index contributed by atoms with van der Waals surface area (Å²) < 4.78 is 5.17. The third-order valence-corrected chi connectivity index (χ3v) is 3.83. The van der Waals surface area contributed by atoms with Crippen LogP contribution in [-0.2, 0) is 0 Å². The van der Waals surface area contributed by atoms with Gasteiger partial charge in [0.1, 0.15) is 5.75 Å². The quantitative estimate of drug-likeness (QED) is 0.932. The Hall–Kier alpha value is -1.26. The highest BCUT2D eigenvalue weighted by Crippen LogP contribution is 2.24. The van der Waals surface area contributed by atoms with E-state index in [2.05, 4.69) is 6.92 Å². The topological polar surface area (TPSA) is 55.6 Å². The molecule has 1 aromatic rings. The number of amides is 1. The maximum absolute atomic E-state index is 12.6. The third kappa shape index (κ3) is 3.64. The SMILES string of the molecule is COc1cccc(C(=O)N2CCC(C)CC2CN)c1.Cl. The van der Waals surface area contributed by atoms with Crippen LogP contribution in [0.5, 0.6) is 5.75 Å². The minimum atomic E-state index is 0. The predicted molar refractivity (Wildman–Crippen MR) is 82.5 cm³/mol. The van der Waals surface area contributed by atoms with Gasteiger partial charge in [-0.2, -0.15) is 0 Å². The molecule has 1 aromatic carbocycles. The molecule has 2 rings (SSSR count). The summed E-state index contributed by atoms with van der Waals surface area (Å²) in [7, 11) is 1.61. The van der Waals surface area contributed by atoms with Crippen LogP contribution in [0.15, 0.2) is 24.3 Å². The van der Waals surface area contributed by atoms with Crippen molar-refractivity contribution in [2.75, 3.05) is 20.2 Å². The molecule has 1 amide bonds. The van der Waals surface area contributed by atoms with E-state index in [0.717, 1.165) is 19.4 Å². The Morgan fingerprint density at radius 2 is 2.25 bits per heavy atom. The van der Waals surface area contributed by atoms with Gasteiger partial charge in [0.2, 0.25) is 0 Å². The van der Waals surface area contributed by atoms with Gasteiger partial charge in [0.05, 0.1) is 7.11 Å². The number of rotatable bonds is 3. The molecule has 5 heteroatoms. The average Bonchev–Trinajstić information content (AvgIpc) is 2.46. The monoisotopic (exact) mass is 298 g/mol. The van der Waals surface area contributed by atoms with Crippen LogP contribution in [0.25, 0.3) is 0 Å². The lowest BCUT2D eigenvalue weighted by Crippen LogP contribution is -2.49. The second kappa shape index (κ2) is 7.50. The molecule has 112 valence electrons. The molecule has 0 aliphatic carbocycles. The summed E-state index contributed by atoms with van der Waals surface area (Å²) in [5.41, 5.74) is 6.48. The lowest BCUT2D eigenvalue weighted by molar-refractivity contribution is 0.0573. The number of halogens is 1. The fraction of sp³-hybridized carbons (Fsp3) is 0.533. The summed E-state index contributed by atoms with van der Waals surface area (Å²) in [4.78, 5) is 14.5. The Labute approximate surface area is 126 Å². The second-order valence-corrected chi connectivity index (χ2v) is 5.25. The first-order valence-electron chi connectivity index (χ1n) is 6.80. The molecule has 1 aliphatic heterocycles. The number of nitrogens with zero attached hydrogens (tertiary/aromatic N) is 1. The summed E-state index contributed by atoms with van der Waals surface area (Å²) in [6, 6.07) is 7.46. The third-order valence-electron chi connectivity index (χ3n) is 3.83. The molecule has 0 saturated carbocycles. The van der Waals surface area contributed by atoms with Gasteiger partial charge in [-0.05, 0) is 37.0 Å². The highest BCUT2D eigenvalue weighted by Gasteiger charge is 2.29. The number of carbonyl (C=O) groups is 1. The smallest absolute Gasteiger partial charge is 0.254 e. The van der Waals surface area contributed by atoms with Crippen LogP contribution in [0, 0.1) is 5.92 Å². The van der Waals surface area contributed by atoms with Gasteiger partial charge in [-0.3, -0.25) is 4.79 Å². The standard InChI is InChI=1S/C15H22N2O2.ClH/c1-11-6-7-17(13(8-11)10-16)15(18)12-4-3-5-14(9-12)19-2;/h3-5,9,11,13H,6-8,10,16H2,1-2H3;1H. The zero-order valence-corrected chi connectivity index (χ0v) is 12.9. The van der Waals surface area contributed by atoms with E-state index in [4.69, 9.17) is 10.5 Å². The minimum Gasteiger partial charge on any atom is -0.497 e. The molecule has 2 atom stereocenters. The summed E-state index contributed by atoms with van der Waals surface area (Å²) in [6.07, 6.45) is 2.04. The van der Waals surface area contributed by atoms with Crippen molar-refractivity contribution in [3.63, 3.8) is 0 Å². The van der Waals surface area contributed by atoms with Gasteiger partial charge >= 0.3 is 0 Å². The van der Waals surface area contributed by atoms with Crippen molar-refractivity contribution < 1.29 is 9.53 Å². The summed E-state index contributed by atoms with van der Waals surface area (Å²) >= 11 is 0. The van der Waals surface area contributed by atoms with E-state index in [1.165, 1.54) is 0 Å². The molecule has 1 fully saturated rings. The normalized spacial score (nSPS) is 22.1. The predicted octanol–water partition coefficient (Wildman–Crippen LogP) is 2.32. The van der Waals surface area contributed by atoms with E-state index in [0.29, 0.717) is 23.8 Å². The first-order chi connectivity index (χ1) is 9.15. The average molecular weight is 299 g/mol. The molecule has 2 unspecified atom stereocenters. The first-order valence-corrected chi connectivity index (χ1v) is 6.80. The number of likely N-dealkylation sites (tertiary alicyclic amines) is 1. The lowest BCUT2D eigenvalue weighted by Gasteiger charge is -2.38. The molecule has 1 heterocycles. The number of ether oxygens (including phenoxy) is 1. The van der Waals surface area contributed by atoms with Crippen molar-refractivity contribution >= 4 is 18.3 Å². The Bertz CT molecular complexity index is 453. The van der Waals surface area contributed by atoms with Gasteiger partial charge in [0.15, 0.2) is 0 Å². The van der Waals surface area contributed by atoms with Crippen LogP contribution in [0.4, 0.5) is 0 Å². The number of hydrogen-bond donors (Lipinski definition) is 1. The van der Waals surface area contributed by atoms with Crippen LogP contribution in [-0.4, -0.2) is 37.0 Å². The number of methoxy groups -OCH3 is 1. The number of hydrogen-bond acceptors (Lipinski definition) is 3. The molecule has 0 radical (unpaired) electrons. The molecule has 1 aliphatic rings. The number of benzene rings is 1.